The number of carbonyl (C=O) groups is 2. The Morgan fingerprint density at radius 3 is 2.52 bits per heavy atom. The number of carbonyl (C=O) groups excluding carboxylic acids is 1. The summed E-state index contributed by atoms with van der Waals surface area (Å²) in [5.74, 6) is -1.22. The van der Waals surface area contributed by atoms with Gasteiger partial charge < -0.3 is 5.11 Å². The molecule has 1 aromatic heterocycles. The third kappa shape index (κ3) is 5.09. The largest absolute Gasteiger partial charge is 0.481 e. The molecule has 0 aliphatic rings. The molecule has 0 aromatic carbocycles. The minimum absolute atomic E-state index is 0.0229. The first kappa shape index (κ1) is 17.6. The fraction of sp³-hybridized carbons (Fsp3) is 0.643. The van der Waals surface area contributed by atoms with E-state index in [4.69, 9.17) is 5.11 Å². The molecule has 0 saturated carbocycles. The van der Waals surface area contributed by atoms with Gasteiger partial charge in [0.1, 0.15) is 0 Å². The van der Waals surface area contributed by atoms with Crippen molar-refractivity contribution in [3.63, 3.8) is 0 Å². The molecule has 6 nitrogen and oxygen atoms in total. The molecular formula is C14H23N3O3S. The van der Waals surface area contributed by atoms with Crippen LogP contribution in [0.15, 0.2) is 5.38 Å². The highest BCUT2D eigenvalue weighted by atomic mass is 32.1. The molecule has 0 bridgehead atoms. The SMILES string of the molecule is CCN(Cc1csc(N(CC)C(C)=O)n1)CC(C)C(=O)O. The Morgan fingerprint density at radius 2 is 2.05 bits per heavy atom. The standard InChI is InChI=1S/C14H23N3O3S/c1-5-16(7-10(3)13(19)20)8-12-9-21-14(15-12)17(6-2)11(4)18/h9-10H,5-8H2,1-4H3,(H,19,20). The maximum atomic E-state index is 11.5. The molecule has 1 atom stereocenters. The highest BCUT2D eigenvalue weighted by molar-refractivity contribution is 7.14. The summed E-state index contributed by atoms with van der Waals surface area (Å²) in [6, 6.07) is 0. The molecule has 0 fully saturated rings. The number of hydrogen-bond acceptors (Lipinski definition) is 5. The summed E-state index contributed by atoms with van der Waals surface area (Å²) >= 11 is 1.44. The van der Waals surface area contributed by atoms with Crippen LogP contribution in [0.3, 0.4) is 0 Å². The van der Waals surface area contributed by atoms with Gasteiger partial charge in [-0.1, -0.05) is 13.8 Å². The third-order valence-corrected chi connectivity index (χ3v) is 4.17. The number of carboxylic acids is 1. The van der Waals surface area contributed by atoms with Crippen LogP contribution >= 0.6 is 11.3 Å². The quantitative estimate of drug-likeness (QED) is 0.795. The molecule has 1 rings (SSSR count). The van der Waals surface area contributed by atoms with E-state index < -0.39 is 11.9 Å². The van der Waals surface area contributed by atoms with Gasteiger partial charge in [0.05, 0.1) is 11.6 Å². The molecule has 1 amide bonds. The maximum Gasteiger partial charge on any atom is 0.307 e. The highest BCUT2D eigenvalue weighted by Crippen LogP contribution is 2.21. The summed E-state index contributed by atoms with van der Waals surface area (Å²) in [6.45, 7) is 9.57. The van der Waals surface area contributed by atoms with Gasteiger partial charge >= 0.3 is 5.97 Å². The van der Waals surface area contributed by atoms with Crippen molar-refractivity contribution in [1.29, 1.82) is 0 Å². The molecule has 1 aromatic rings. The average Bonchev–Trinajstić information content (AvgIpc) is 2.86. The van der Waals surface area contributed by atoms with E-state index >= 15 is 0 Å². The zero-order valence-corrected chi connectivity index (χ0v) is 13.8. The highest BCUT2D eigenvalue weighted by Gasteiger charge is 2.18. The van der Waals surface area contributed by atoms with Crippen LogP contribution in [0.5, 0.6) is 0 Å². The number of aromatic nitrogens is 1. The molecule has 1 N–H and O–H groups in total. The number of nitrogens with zero attached hydrogens (tertiary/aromatic N) is 3. The average molecular weight is 313 g/mol. The first-order valence-corrected chi connectivity index (χ1v) is 7.94. The van der Waals surface area contributed by atoms with Crippen molar-refractivity contribution in [2.45, 2.75) is 34.2 Å². The second kappa shape index (κ2) is 8.09. The summed E-state index contributed by atoms with van der Waals surface area (Å²) < 4.78 is 0. The molecule has 1 heterocycles. The van der Waals surface area contributed by atoms with Crippen molar-refractivity contribution >= 4 is 28.3 Å². The van der Waals surface area contributed by atoms with E-state index in [0.29, 0.717) is 24.8 Å². The summed E-state index contributed by atoms with van der Waals surface area (Å²) in [7, 11) is 0. The second-order valence-corrected chi connectivity index (χ2v) is 5.79. The number of anilines is 1. The van der Waals surface area contributed by atoms with Crippen molar-refractivity contribution in [3.05, 3.63) is 11.1 Å². The van der Waals surface area contributed by atoms with Crippen LogP contribution < -0.4 is 4.90 Å². The van der Waals surface area contributed by atoms with Crippen LogP contribution in [0.1, 0.15) is 33.4 Å². The van der Waals surface area contributed by atoms with Crippen LogP contribution in [0, 0.1) is 5.92 Å². The molecule has 0 aliphatic heterocycles. The number of aliphatic carboxylic acids is 1. The number of amides is 1. The zero-order valence-electron chi connectivity index (χ0n) is 13.0. The minimum Gasteiger partial charge on any atom is -0.481 e. The smallest absolute Gasteiger partial charge is 0.307 e. The van der Waals surface area contributed by atoms with Gasteiger partial charge in [-0.05, 0) is 13.5 Å². The van der Waals surface area contributed by atoms with Crippen molar-refractivity contribution in [3.8, 4) is 0 Å². The summed E-state index contributed by atoms with van der Waals surface area (Å²) in [5, 5.41) is 11.6. The normalized spacial score (nSPS) is 12.4. The van der Waals surface area contributed by atoms with Crippen LogP contribution in [0.25, 0.3) is 0 Å². The molecule has 1 unspecified atom stereocenters. The predicted molar refractivity (Wildman–Crippen MR) is 83.6 cm³/mol. The van der Waals surface area contributed by atoms with Gasteiger partial charge in [-0.25, -0.2) is 4.98 Å². The summed E-state index contributed by atoms with van der Waals surface area (Å²) in [6.07, 6.45) is 0. The number of thiazole rings is 1. The lowest BCUT2D eigenvalue weighted by molar-refractivity contribution is -0.141. The van der Waals surface area contributed by atoms with E-state index in [-0.39, 0.29) is 5.91 Å². The van der Waals surface area contributed by atoms with Gasteiger partial charge in [-0.3, -0.25) is 19.4 Å². The van der Waals surface area contributed by atoms with Crippen molar-refractivity contribution < 1.29 is 14.7 Å². The molecule has 0 aliphatic carbocycles. The minimum atomic E-state index is -0.791. The first-order valence-electron chi connectivity index (χ1n) is 7.06. The second-order valence-electron chi connectivity index (χ2n) is 4.95. The molecule has 0 saturated heterocycles. The molecule has 0 spiro atoms. The lowest BCUT2D eigenvalue weighted by Crippen LogP contribution is -2.31. The fourth-order valence-corrected chi connectivity index (χ4v) is 2.91. The Bertz CT molecular complexity index is 490. The Morgan fingerprint density at radius 1 is 1.38 bits per heavy atom. The lowest BCUT2D eigenvalue weighted by Gasteiger charge is -2.21. The maximum absolute atomic E-state index is 11.5. The van der Waals surface area contributed by atoms with Gasteiger partial charge in [0.2, 0.25) is 5.91 Å². The van der Waals surface area contributed by atoms with Gasteiger partial charge in [-0.15, -0.1) is 11.3 Å². The predicted octanol–water partition coefficient (Wildman–Crippen LogP) is 2.06. The van der Waals surface area contributed by atoms with Crippen molar-refractivity contribution in [1.82, 2.24) is 9.88 Å². The van der Waals surface area contributed by atoms with E-state index in [9.17, 15) is 9.59 Å². The molecular weight excluding hydrogens is 290 g/mol. The Kier molecular flexibility index (Phi) is 6.77. The molecule has 118 valence electrons. The van der Waals surface area contributed by atoms with E-state index in [0.717, 1.165) is 12.2 Å². The number of rotatable bonds is 8. The fourth-order valence-electron chi connectivity index (χ4n) is 1.99. The molecule has 7 heteroatoms. The van der Waals surface area contributed by atoms with Crippen LogP contribution in [-0.2, 0) is 16.1 Å². The van der Waals surface area contributed by atoms with Gasteiger partial charge in [-0.2, -0.15) is 0 Å². The van der Waals surface area contributed by atoms with E-state index in [1.165, 1.54) is 18.3 Å². The van der Waals surface area contributed by atoms with Crippen molar-refractivity contribution in [2.75, 3.05) is 24.5 Å². The first-order chi connectivity index (χ1) is 9.88. The van der Waals surface area contributed by atoms with E-state index in [2.05, 4.69) is 4.98 Å². The van der Waals surface area contributed by atoms with Crippen LogP contribution in [0.2, 0.25) is 0 Å². The molecule has 0 radical (unpaired) electrons. The monoisotopic (exact) mass is 313 g/mol. The number of hydrogen-bond donors (Lipinski definition) is 1. The lowest BCUT2D eigenvalue weighted by atomic mass is 10.1. The van der Waals surface area contributed by atoms with Gasteiger partial charge in [0.15, 0.2) is 5.13 Å². The van der Waals surface area contributed by atoms with Crippen LogP contribution in [0.4, 0.5) is 5.13 Å². The zero-order chi connectivity index (χ0) is 16.0. The summed E-state index contributed by atoms with van der Waals surface area (Å²) in [5.41, 5.74) is 0.870. The van der Waals surface area contributed by atoms with E-state index in [1.807, 2.05) is 24.1 Å². The summed E-state index contributed by atoms with van der Waals surface area (Å²) in [4.78, 5) is 30.6. The Balaban J connectivity index is 2.71. The Hall–Kier alpha value is -1.47. The molecule has 21 heavy (non-hydrogen) atoms. The van der Waals surface area contributed by atoms with E-state index in [1.54, 1.807) is 11.8 Å². The number of carboxylic acid groups (broad SMARTS) is 1. The third-order valence-electron chi connectivity index (χ3n) is 3.25. The van der Waals surface area contributed by atoms with Crippen LogP contribution in [-0.4, -0.2) is 46.5 Å². The Labute approximate surface area is 129 Å². The topological polar surface area (TPSA) is 73.7 Å². The van der Waals surface area contributed by atoms with Crippen molar-refractivity contribution in [2.24, 2.45) is 5.92 Å². The van der Waals surface area contributed by atoms with Gasteiger partial charge in [0, 0.05) is 31.9 Å². The van der Waals surface area contributed by atoms with Gasteiger partial charge in [0.25, 0.3) is 0 Å².